The van der Waals surface area contributed by atoms with Crippen LogP contribution in [-0.2, 0) is 0 Å². The van der Waals surface area contributed by atoms with Gasteiger partial charge in [-0.15, -0.1) is 11.8 Å². The van der Waals surface area contributed by atoms with Crippen molar-refractivity contribution < 1.29 is 4.79 Å². The topological polar surface area (TPSA) is 29.1 Å². The van der Waals surface area contributed by atoms with Gasteiger partial charge in [-0.1, -0.05) is 43.3 Å². The summed E-state index contributed by atoms with van der Waals surface area (Å²) in [5, 5.41) is 3.09. The Morgan fingerprint density at radius 1 is 1.18 bits per heavy atom. The summed E-state index contributed by atoms with van der Waals surface area (Å²) in [5.74, 6) is 0.372. The predicted molar refractivity (Wildman–Crippen MR) is 94.8 cm³/mol. The fraction of sp³-hybridized carbons (Fsp3) is 0.316. The first-order valence-corrected chi connectivity index (χ1v) is 8.86. The van der Waals surface area contributed by atoms with Crippen LogP contribution in [0.25, 0.3) is 0 Å². The summed E-state index contributed by atoms with van der Waals surface area (Å²) in [6.45, 7) is 4.80. The Morgan fingerprint density at radius 3 is 2.55 bits per heavy atom. The zero-order chi connectivity index (χ0) is 15.9. The van der Waals surface area contributed by atoms with Crippen molar-refractivity contribution in [2.45, 2.75) is 31.1 Å². The molecule has 3 heteroatoms. The van der Waals surface area contributed by atoms with Crippen LogP contribution in [0.2, 0.25) is 0 Å². The normalized spacial score (nSPS) is 12.0. The van der Waals surface area contributed by atoms with Crippen LogP contribution < -0.4 is 5.32 Å². The standard InChI is InChI=1S/C19H23NOS/c1-4-15(16-8-6-5-7-9-16)13-20-19(21)18-12-17(22-3)11-10-14(18)2/h5-12,15H,4,13H2,1-3H3,(H,20,21). The largest absolute Gasteiger partial charge is 0.351 e. The number of thioether (sulfide) groups is 1. The zero-order valence-electron chi connectivity index (χ0n) is 13.4. The van der Waals surface area contributed by atoms with Crippen LogP contribution in [0.5, 0.6) is 0 Å². The molecule has 0 aliphatic carbocycles. The van der Waals surface area contributed by atoms with Crippen LogP contribution in [0.3, 0.4) is 0 Å². The molecule has 0 spiro atoms. The van der Waals surface area contributed by atoms with Crippen LogP contribution >= 0.6 is 11.8 Å². The average molecular weight is 313 g/mol. The van der Waals surface area contributed by atoms with Crippen molar-refractivity contribution >= 4 is 17.7 Å². The van der Waals surface area contributed by atoms with E-state index in [1.54, 1.807) is 11.8 Å². The molecular formula is C19H23NOS. The number of carbonyl (C=O) groups excluding carboxylic acids is 1. The second-order valence-electron chi connectivity index (χ2n) is 5.41. The molecule has 2 aromatic rings. The van der Waals surface area contributed by atoms with Gasteiger partial charge in [0.25, 0.3) is 5.91 Å². The first kappa shape index (κ1) is 16.6. The van der Waals surface area contributed by atoms with Crippen molar-refractivity contribution in [1.82, 2.24) is 5.32 Å². The molecule has 1 N–H and O–H groups in total. The highest BCUT2D eigenvalue weighted by molar-refractivity contribution is 7.98. The van der Waals surface area contributed by atoms with Crippen molar-refractivity contribution in [2.75, 3.05) is 12.8 Å². The third-order valence-corrected chi connectivity index (χ3v) is 4.69. The molecule has 0 bridgehead atoms. The Balaban J connectivity index is 2.06. The third kappa shape index (κ3) is 4.14. The van der Waals surface area contributed by atoms with E-state index in [2.05, 4.69) is 30.4 Å². The number of hydrogen-bond acceptors (Lipinski definition) is 2. The molecule has 22 heavy (non-hydrogen) atoms. The molecule has 0 aliphatic heterocycles. The lowest BCUT2D eigenvalue weighted by molar-refractivity contribution is 0.0950. The van der Waals surface area contributed by atoms with Gasteiger partial charge in [0.05, 0.1) is 0 Å². The summed E-state index contributed by atoms with van der Waals surface area (Å²) in [6, 6.07) is 16.4. The monoisotopic (exact) mass is 313 g/mol. The number of rotatable bonds is 6. The summed E-state index contributed by atoms with van der Waals surface area (Å²) in [6.07, 6.45) is 3.03. The molecule has 1 atom stereocenters. The van der Waals surface area contributed by atoms with Crippen LogP contribution in [0, 0.1) is 6.92 Å². The van der Waals surface area contributed by atoms with E-state index in [1.165, 1.54) is 5.56 Å². The highest BCUT2D eigenvalue weighted by Crippen LogP contribution is 2.20. The average Bonchev–Trinajstić information content (AvgIpc) is 2.56. The van der Waals surface area contributed by atoms with Gasteiger partial charge in [-0.25, -0.2) is 0 Å². The maximum atomic E-state index is 12.5. The lowest BCUT2D eigenvalue weighted by Gasteiger charge is -2.17. The van der Waals surface area contributed by atoms with Gasteiger partial charge in [0, 0.05) is 22.9 Å². The van der Waals surface area contributed by atoms with E-state index in [4.69, 9.17) is 0 Å². The molecule has 0 radical (unpaired) electrons. The molecule has 0 saturated carbocycles. The maximum Gasteiger partial charge on any atom is 0.251 e. The van der Waals surface area contributed by atoms with Gasteiger partial charge in [0.1, 0.15) is 0 Å². The Morgan fingerprint density at radius 2 is 1.91 bits per heavy atom. The highest BCUT2D eigenvalue weighted by atomic mass is 32.2. The van der Waals surface area contributed by atoms with Crippen molar-refractivity contribution in [2.24, 2.45) is 0 Å². The predicted octanol–water partition coefficient (Wildman–Crippen LogP) is 4.64. The van der Waals surface area contributed by atoms with E-state index < -0.39 is 0 Å². The molecular weight excluding hydrogens is 290 g/mol. The second kappa shape index (κ2) is 8.04. The Hall–Kier alpha value is -1.74. The van der Waals surface area contributed by atoms with Crippen LogP contribution in [-0.4, -0.2) is 18.7 Å². The lowest BCUT2D eigenvalue weighted by Crippen LogP contribution is -2.28. The van der Waals surface area contributed by atoms with E-state index in [0.29, 0.717) is 12.5 Å². The Kier molecular flexibility index (Phi) is 6.08. The van der Waals surface area contributed by atoms with Gasteiger partial charge in [-0.2, -0.15) is 0 Å². The van der Waals surface area contributed by atoms with Gasteiger partial charge in [0.15, 0.2) is 0 Å². The van der Waals surface area contributed by atoms with Gasteiger partial charge in [0.2, 0.25) is 0 Å². The smallest absolute Gasteiger partial charge is 0.251 e. The third-order valence-electron chi connectivity index (χ3n) is 3.96. The molecule has 2 nitrogen and oxygen atoms in total. The molecule has 2 rings (SSSR count). The van der Waals surface area contributed by atoms with E-state index >= 15 is 0 Å². The minimum atomic E-state index is 0.0165. The van der Waals surface area contributed by atoms with E-state index in [1.807, 2.05) is 43.5 Å². The number of nitrogens with one attached hydrogen (secondary N) is 1. The van der Waals surface area contributed by atoms with Gasteiger partial charge in [-0.3, -0.25) is 4.79 Å². The lowest BCUT2D eigenvalue weighted by atomic mass is 9.96. The molecule has 0 aromatic heterocycles. The van der Waals surface area contributed by atoms with Crippen molar-refractivity contribution in [3.63, 3.8) is 0 Å². The first-order valence-electron chi connectivity index (χ1n) is 7.63. The second-order valence-corrected chi connectivity index (χ2v) is 6.29. The molecule has 1 unspecified atom stereocenters. The van der Waals surface area contributed by atoms with Crippen LogP contribution in [0.15, 0.2) is 53.4 Å². The van der Waals surface area contributed by atoms with Gasteiger partial charge in [-0.05, 0) is 42.9 Å². The van der Waals surface area contributed by atoms with Crippen LogP contribution in [0.4, 0.5) is 0 Å². The Bertz CT molecular complexity index is 625. The zero-order valence-corrected chi connectivity index (χ0v) is 14.2. The van der Waals surface area contributed by atoms with Crippen molar-refractivity contribution in [3.8, 4) is 0 Å². The quantitative estimate of drug-likeness (QED) is 0.787. The van der Waals surface area contributed by atoms with E-state index in [-0.39, 0.29) is 5.91 Å². The molecule has 1 amide bonds. The fourth-order valence-electron chi connectivity index (χ4n) is 2.51. The first-order chi connectivity index (χ1) is 10.7. The minimum absolute atomic E-state index is 0.0165. The van der Waals surface area contributed by atoms with Crippen molar-refractivity contribution in [1.29, 1.82) is 0 Å². The molecule has 0 heterocycles. The minimum Gasteiger partial charge on any atom is -0.351 e. The number of carbonyl (C=O) groups is 1. The molecule has 0 saturated heterocycles. The fourth-order valence-corrected chi connectivity index (χ4v) is 2.95. The molecule has 0 fully saturated rings. The summed E-state index contributed by atoms with van der Waals surface area (Å²) < 4.78 is 0. The Labute approximate surface area is 137 Å². The van der Waals surface area contributed by atoms with Gasteiger partial charge < -0.3 is 5.32 Å². The highest BCUT2D eigenvalue weighted by Gasteiger charge is 2.13. The van der Waals surface area contributed by atoms with E-state index in [0.717, 1.165) is 22.4 Å². The molecule has 116 valence electrons. The summed E-state index contributed by atoms with van der Waals surface area (Å²) >= 11 is 1.65. The summed E-state index contributed by atoms with van der Waals surface area (Å²) in [4.78, 5) is 13.6. The number of benzene rings is 2. The van der Waals surface area contributed by atoms with Gasteiger partial charge >= 0.3 is 0 Å². The van der Waals surface area contributed by atoms with E-state index in [9.17, 15) is 4.79 Å². The molecule has 2 aromatic carbocycles. The summed E-state index contributed by atoms with van der Waals surface area (Å²) in [5.41, 5.74) is 3.07. The number of aryl methyl sites for hydroxylation is 1. The van der Waals surface area contributed by atoms with Crippen molar-refractivity contribution in [3.05, 3.63) is 65.2 Å². The summed E-state index contributed by atoms with van der Waals surface area (Å²) in [7, 11) is 0. The molecule has 0 aliphatic rings. The van der Waals surface area contributed by atoms with Crippen LogP contribution in [0.1, 0.15) is 40.7 Å². The SMILES string of the molecule is CCC(CNC(=O)c1cc(SC)ccc1C)c1ccccc1. The number of hydrogen-bond donors (Lipinski definition) is 1. The number of amides is 1. The maximum absolute atomic E-state index is 12.5.